The minimum Gasteiger partial charge on any atom is -0.497 e. The van der Waals surface area contributed by atoms with E-state index in [1.807, 2.05) is 24.3 Å². The molecule has 110 valence electrons. The van der Waals surface area contributed by atoms with Gasteiger partial charge >= 0.3 is 5.97 Å². The fourth-order valence-electron chi connectivity index (χ4n) is 2.12. The molecular formula is C16H17NO4. The Kier molecular flexibility index (Phi) is 4.42. The normalized spacial score (nSPS) is 10.2. The molecule has 0 saturated carbocycles. The number of nitrogens with one attached hydrogen (secondary N) is 1. The van der Waals surface area contributed by atoms with Gasteiger partial charge < -0.3 is 14.5 Å². The molecule has 0 fully saturated rings. The number of pyridine rings is 1. The van der Waals surface area contributed by atoms with Gasteiger partial charge in [0.15, 0.2) is 0 Å². The molecule has 0 spiro atoms. The summed E-state index contributed by atoms with van der Waals surface area (Å²) in [5, 5.41) is 0. The van der Waals surface area contributed by atoms with E-state index >= 15 is 0 Å². The molecule has 2 rings (SSSR count). The summed E-state index contributed by atoms with van der Waals surface area (Å²) in [5.41, 5.74) is 2.10. The van der Waals surface area contributed by atoms with Gasteiger partial charge in [0.05, 0.1) is 19.8 Å². The van der Waals surface area contributed by atoms with E-state index in [-0.39, 0.29) is 5.56 Å². The molecule has 0 aliphatic heterocycles. The largest absolute Gasteiger partial charge is 0.497 e. The van der Waals surface area contributed by atoms with Crippen LogP contribution in [0.3, 0.4) is 0 Å². The molecule has 0 atom stereocenters. The topological polar surface area (TPSA) is 68.4 Å². The number of benzene rings is 1. The van der Waals surface area contributed by atoms with Crippen LogP contribution in [0.5, 0.6) is 5.75 Å². The minimum absolute atomic E-state index is 0.206. The number of methoxy groups -OCH3 is 2. The highest BCUT2D eigenvalue weighted by molar-refractivity contribution is 5.90. The summed E-state index contributed by atoms with van der Waals surface area (Å²) < 4.78 is 9.88. The summed E-state index contributed by atoms with van der Waals surface area (Å²) in [6, 6.07) is 9.04. The first-order chi connectivity index (χ1) is 10.0. The predicted molar refractivity (Wildman–Crippen MR) is 78.9 cm³/mol. The van der Waals surface area contributed by atoms with Gasteiger partial charge in [-0.2, -0.15) is 0 Å². The minimum atomic E-state index is -0.462. The lowest BCUT2D eigenvalue weighted by Crippen LogP contribution is -2.18. The highest BCUT2D eigenvalue weighted by atomic mass is 16.5. The second-order valence-corrected chi connectivity index (χ2v) is 4.68. The van der Waals surface area contributed by atoms with E-state index in [2.05, 4.69) is 4.98 Å². The van der Waals surface area contributed by atoms with Gasteiger partial charge in [0.25, 0.3) is 5.56 Å². The molecular weight excluding hydrogens is 270 g/mol. The van der Waals surface area contributed by atoms with Gasteiger partial charge in [-0.25, -0.2) is 4.79 Å². The number of rotatable bonds is 4. The molecule has 1 N–H and O–H groups in total. The number of carbonyl (C=O) groups is 1. The quantitative estimate of drug-likeness (QED) is 0.874. The van der Waals surface area contributed by atoms with Crippen LogP contribution < -0.4 is 10.3 Å². The van der Waals surface area contributed by atoms with Crippen molar-refractivity contribution in [2.75, 3.05) is 14.2 Å². The van der Waals surface area contributed by atoms with E-state index in [4.69, 9.17) is 9.47 Å². The Labute approximate surface area is 122 Å². The molecule has 0 unspecified atom stereocenters. The van der Waals surface area contributed by atoms with Crippen LogP contribution in [0.2, 0.25) is 0 Å². The number of aryl methyl sites for hydroxylation is 1. The van der Waals surface area contributed by atoms with Crippen molar-refractivity contribution in [3.05, 3.63) is 63.1 Å². The lowest BCUT2D eigenvalue weighted by molar-refractivity contribution is 0.0599. The molecule has 0 bridgehead atoms. The molecule has 1 aromatic heterocycles. The molecule has 1 aromatic carbocycles. The predicted octanol–water partition coefficient (Wildman–Crippen LogP) is 2.07. The van der Waals surface area contributed by atoms with Crippen molar-refractivity contribution in [1.29, 1.82) is 0 Å². The van der Waals surface area contributed by atoms with Gasteiger partial charge in [-0.3, -0.25) is 4.79 Å². The zero-order chi connectivity index (χ0) is 15.4. The van der Waals surface area contributed by atoms with E-state index in [1.165, 1.54) is 7.11 Å². The van der Waals surface area contributed by atoms with E-state index in [0.717, 1.165) is 11.3 Å². The molecule has 0 radical (unpaired) electrons. The first kappa shape index (κ1) is 14.8. The first-order valence-electron chi connectivity index (χ1n) is 6.49. The van der Waals surface area contributed by atoms with E-state index < -0.39 is 5.97 Å². The van der Waals surface area contributed by atoms with Crippen molar-refractivity contribution in [3.63, 3.8) is 0 Å². The van der Waals surface area contributed by atoms with Crippen LogP contribution in [-0.4, -0.2) is 25.2 Å². The van der Waals surface area contributed by atoms with Gasteiger partial charge in [-0.1, -0.05) is 12.1 Å². The lowest BCUT2D eigenvalue weighted by Gasteiger charge is -2.08. The average Bonchev–Trinajstić information content (AvgIpc) is 2.49. The van der Waals surface area contributed by atoms with Gasteiger partial charge in [0, 0.05) is 17.7 Å². The number of esters is 1. The van der Waals surface area contributed by atoms with Gasteiger partial charge in [0.2, 0.25) is 0 Å². The van der Waals surface area contributed by atoms with Gasteiger partial charge in [0.1, 0.15) is 5.75 Å². The van der Waals surface area contributed by atoms with Crippen molar-refractivity contribution in [2.24, 2.45) is 0 Å². The van der Waals surface area contributed by atoms with Gasteiger partial charge in [-0.05, 0) is 30.7 Å². The molecule has 0 saturated heterocycles. The number of hydrogen-bond donors (Lipinski definition) is 1. The Bertz CT molecular complexity index is 718. The molecule has 2 aromatic rings. The standard InChI is InChI=1S/C16H17NO4/c1-10-14(16(19)21-3)9-12(15(18)17-10)7-11-5-4-6-13(8-11)20-2/h4-6,8-9H,7H2,1-3H3,(H,17,18). The zero-order valence-corrected chi connectivity index (χ0v) is 12.2. The number of H-pyrrole nitrogens is 1. The van der Waals surface area contributed by atoms with Crippen LogP contribution in [0.15, 0.2) is 35.1 Å². The fourth-order valence-corrected chi connectivity index (χ4v) is 2.12. The summed E-state index contributed by atoms with van der Waals surface area (Å²) in [6.07, 6.45) is 0.413. The van der Waals surface area contributed by atoms with Crippen LogP contribution in [0.25, 0.3) is 0 Å². The Morgan fingerprint density at radius 3 is 2.67 bits per heavy atom. The number of aromatic nitrogens is 1. The average molecular weight is 287 g/mol. The van der Waals surface area contributed by atoms with E-state index in [9.17, 15) is 9.59 Å². The number of aromatic amines is 1. The van der Waals surface area contributed by atoms with Crippen molar-refractivity contribution >= 4 is 5.97 Å². The third kappa shape index (κ3) is 3.31. The second-order valence-electron chi connectivity index (χ2n) is 4.68. The summed E-state index contributed by atoms with van der Waals surface area (Å²) in [5.74, 6) is 0.264. The summed E-state index contributed by atoms with van der Waals surface area (Å²) in [6.45, 7) is 1.67. The smallest absolute Gasteiger partial charge is 0.339 e. The monoisotopic (exact) mass is 287 g/mol. The number of hydrogen-bond acceptors (Lipinski definition) is 4. The van der Waals surface area contributed by atoms with Crippen molar-refractivity contribution < 1.29 is 14.3 Å². The van der Waals surface area contributed by atoms with Crippen LogP contribution in [0.1, 0.15) is 27.2 Å². The molecule has 0 amide bonds. The highest BCUT2D eigenvalue weighted by Gasteiger charge is 2.13. The Morgan fingerprint density at radius 2 is 2.00 bits per heavy atom. The Hall–Kier alpha value is -2.56. The second kappa shape index (κ2) is 6.26. The van der Waals surface area contributed by atoms with Gasteiger partial charge in [-0.15, -0.1) is 0 Å². The first-order valence-corrected chi connectivity index (χ1v) is 6.49. The highest BCUT2D eigenvalue weighted by Crippen LogP contribution is 2.16. The molecule has 21 heavy (non-hydrogen) atoms. The summed E-state index contributed by atoms with van der Waals surface area (Å²) >= 11 is 0. The zero-order valence-electron chi connectivity index (χ0n) is 12.2. The van der Waals surface area contributed by atoms with Crippen LogP contribution in [0, 0.1) is 6.92 Å². The summed E-state index contributed by atoms with van der Waals surface area (Å²) in [4.78, 5) is 26.4. The van der Waals surface area contributed by atoms with Crippen molar-refractivity contribution in [1.82, 2.24) is 4.98 Å². The van der Waals surface area contributed by atoms with Crippen LogP contribution in [-0.2, 0) is 11.2 Å². The SMILES string of the molecule is COC(=O)c1cc(Cc2cccc(OC)c2)c(=O)[nH]c1C. The molecule has 5 nitrogen and oxygen atoms in total. The number of carbonyl (C=O) groups excluding carboxylic acids is 1. The van der Waals surface area contributed by atoms with Crippen molar-refractivity contribution in [2.45, 2.75) is 13.3 Å². The molecule has 5 heteroatoms. The number of ether oxygens (including phenoxy) is 2. The van der Waals surface area contributed by atoms with Crippen LogP contribution in [0.4, 0.5) is 0 Å². The maximum Gasteiger partial charge on any atom is 0.339 e. The third-order valence-electron chi connectivity index (χ3n) is 3.25. The van der Waals surface area contributed by atoms with Crippen LogP contribution >= 0.6 is 0 Å². The molecule has 0 aliphatic rings. The van der Waals surface area contributed by atoms with Crippen molar-refractivity contribution in [3.8, 4) is 5.75 Å². The summed E-state index contributed by atoms with van der Waals surface area (Å²) in [7, 11) is 2.90. The maximum absolute atomic E-state index is 12.0. The third-order valence-corrected chi connectivity index (χ3v) is 3.25. The molecule has 0 aliphatic carbocycles. The Balaban J connectivity index is 2.39. The lowest BCUT2D eigenvalue weighted by atomic mass is 10.0. The van der Waals surface area contributed by atoms with E-state index in [1.54, 1.807) is 20.1 Å². The molecule has 1 heterocycles. The van der Waals surface area contributed by atoms with E-state index in [0.29, 0.717) is 23.2 Å². The maximum atomic E-state index is 12.0. The fraction of sp³-hybridized carbons (Fsp3) is 0.250. The Morgan fingerprint density at radius 1 is 1.24 bits per heavy atom.